The molecular formula is C90H72O12. The van der Waals surface area contributed by atoms with Crippen LogP contribution in [-0.2, 0) is 61.3 Å². The van der Waals surface area contributed by atoms with Crippen LogP contribution in [0.15, 0.2) is 328 Å². The molecule has 0 spiro atoms. The summed E-state index contributed by atoms with van der Waals surface area (Å²) in [5.74, 6) is -6.70. The van der Waals surface area contributed by atoms with E-state index in [9.17, 15) is 59.4 Å². The van der Waals surface area contributed by atoms with Crippen LogP contribution in [0.4, 0.5) is 0 Å². The minimum Gasteiger partial charge on any atom is -0.480 e. The van der Waals surface area contributed by atoms with E-state index in [0.717, 1.165) is 66.8 Å². The molecule has 6 atom stereocenters. The third-order valence-electron chi connectivity index (χ3n) is 21.0. The maximum absolute atomic E-state index is 13.4. The highest BCUT2D eigenvalue weighted by atomic mass is 16.4. The van der Waals surface area contributed by atoms with Crippen LogP contribution < -0.4 is 0 Å². The van der Waals surface area contributed by atoms with Crippen molar-refractivity contribution in [2.75, 3.05) is 0 Å². The van der Waals surface area contributed by atoms with Crippen molar-refractivity contribution in [2.45, 2.75) is 71.0 Å². The Balaban J connectivity index is 0.000000182. The lowest BCUT2D eigenvalue weighted by atomic mass is 9.66. The zero-order valence-corrected chi connectivity index (χ0v) is 55.6. The minimum atomic E-state index is -1.57. The van der Waals surface area contributed by atoms with Gasteiger partial charge in [-0.2, -0.15) is 0 Å². The van der Waals surface area contributed by atoms with Gasteiger partial charge in [0.2, 0.25) is 0 Å². The number of hydrogen-bond acceptors (Lipinski definition) is 6. The zero-order valence-electron chi connectivity index (χ0n) is 55.6. The van der Waals surface area contributed by atoms with E-state index < -0.39 is 68.3 Å². The van der Waals surface area contributed by atoms with E-state index in [2.05, 4.69) is 0 Å². The first-order valence-corrected chi connectivity index (χ1v) is 33.8. The largest absolute Gasteiger partial charge is 0.480 e. The van der Waals surface area contributed by atoms with Crippen LogP contribution in [-0.4, -0.2) is 66.5 Å². The molecule has 6 N–H and O–H groups in total. The third kappa shape index (κ3) is 12.6. The van der Waals surface area contributed by atoms with Crippen molar-refractivity contribution in [1.82, 2.24) is 0 Å². The average molecular weight is 1350 g/mol. The smallest absolute Gasteiger partial charge is 0.318 e. The first-order chi connectivity index (χ1) is 49.3. The van der Waals surface area contributed by atoms with Crippen molar-refractivity contribution < 1.29 is 59.4 Å². The van der Waals surface area contributed by atoms with Gasteiger partial charge in [0.25, 0.3) is 0 Å². The van der Waals surface area contributed by atoms with Gasteiger partial charge in [-0.25, -0.2) is 0 Å². The summed E-state index contributed by atoms with van der Waals surface area (Å²) in [5.41, 5.74) is 3.36. The van der Waals surface area contributed by atoms with Gasteiger partial charge in [-0.15, -0.1) is 0 Å². The zero-order chi connectivity index (χ0) is 71.3. The standard InChI is InChI=1S/2C45H36O6/c2*46-40(47)43(22-16-34(17-23-43)31-10-4-1-5-11-31)37-28-38(44(41(48)49)24-18-35(19-25-44)32-12-6-2-7-13-32)30-39(29-37)45(42(50)51)26-20-36(21-27-45)33-14-8-3-9-15-33/h2*1-22,24,26,28-30H,23,25,27H2,(H,46,47)(H,48,49)(H,50,51). The van der Waals surface area contributed by atoms with Gasteiger partial charge in [0, 0.05) is 0 Å². The molecule has 12 nitrogen and oxygen atoms in total. The van der Waals surface area contributed by atoms with Crippen LogP contribution in [0.2, 0.25) is 0 Å². The molecule has 6 aliphatic rings. The second kappa shape index (κ2) is 28.0. The summed E-state index contributed by atoms with van der Waals surface area (Å²) in [7, 11) is 0. The van der Waals surface area contributed by atoms with Crippen molar-refractivity contribution >= 4 is 69.3 Å². The topological polar surface area (TPSA) is 224 Å². The van der Waals surface area contributed by atoms with Gasteiger partial charge in [-0.1, -0.05) is 328 Å². The first kappa shape index (κ1) is 68.0. The molecule has 0 heterocycles. The Hall–Kier alpha value is -12.5. The molecule has 0 aliphatic heterocycles. The molecule has 0 bridgehead atoms. The maximum atomic E-state index is 13.4. The number of carbonyl (C=O) groups is 6. The minimum absolute atomic E-state index is 0.0912. The van der Waals surface area contributed by atoms with Crippen LogP contribution in [0.3, 0.4) is 0 Å². The second-order valence-corrected chi connectivity index (χ2v) is 26.6. The molecule has 8 aromatic carbocycles. The Morgan fingerprint density at radius 2 is 0.333 bits per heavy atom. The summed E-state index contributed by atoms with van der Waals surface area (Å²) in [6, 6.07) is 67.8. The summed E-state index contributed by atoms with van der Waals surface area (Å²) >= 11 is 0. The van der Waals surface area contributed by atoms with Crippen LogP contribution in [0.1, 0.15) is 105 Å². The SMILES string of the molecule is O=C(O)C1(c2cc(C3(C(=O)O)C=CC(c4ccccc4)=CC3)cc(C3(C(=O)O)C=CC(c4ccccc4)=CC3)c2)C=CC(c2ccccc2)=CC1.O=C(O)C1(c2cc(C3(C(=O)O)C=CC(c4ccccc4)=CC3)cc(C3(C(=O)O)C=CC(c4ccccc4)=CC3)c2)C=CC(c2ccccc2)=CC1. The normalized spacial score (nSPS) is 23.9. The lowest BCUT2D eigenvalue weighted by molar-refractivity contribution is -0.143. The summed E-state index contributed by atoms with van der Waals surface area (Å²) in [5, 5.41) is 65.5. The van der Waals surface area contributed by atoms with Crippen molar-refractivity contribution in [2.24, 2.45) is 0 Å². The van der Waals surface area contributed by atoms with Gasteiger partial charge in [-0.05, 0) is 139 Å². The highest BCUT2D eigenvalue weighted by Crippen LogP contribution is 2.49. The number of hydrogen-bond donors (Lipinski definition) is 6. The summed E-state index contributed by atoms with van der Waals surface area (Å²) in [6.07, 6.45) is 32.4. The van der Waals surface area contributed by atoms with Crippen LogP contribution >= 0.6 is 0 Å². The van der Waals surface area contributed by atoms with E-state index in [4.69, 9.17) is 0 Å². The fourth-order valence-corrected chi connectivity index (χ4v) is 14.7. The quantitative estimate of drug-likeness (QED) is 0.0472. The predicted molar refractivity (Wildman–Crippen MR) is 398 cm³/mol. The number of carboxylic acids is 6. The lowest BCUT2D eigenvalue weighted by Crippen LogP contribution is -2.40. The van der Waals surface area contributed by atoms with Gasteiger partial charge >= 0.3 is 35.8 Å². The lowest BCUT2D eigenvalue weighted by Gasteiger charge is -2.36. The van der Waals surface area contributed by atoms with Gasteiger partial charge in [0.15, 0.2) is 0 Å². The van der Waals surface area contributed by atoms with E-state index in [1.807, 2.05) is 218 Å². The van der Waals surface area contributed by atoms with E-state index in [-0.39, 0.29) is 38.5 Å². The third-order valence-corrected chi connectivity index (χ3v) is 21.0. The Labute approximate surface area is 591 Å². The van der Waals surface area contributed by atoms with Gasteiger partial charge in [-0.3, -0.25) is 28.8 Å². The Morgan fingerprint density at radius 3 is 0.431 bits per heavy atom. The molecule has 8 aromatic rings. The van der Waals surface area contributed by atoms with Crippen LogP contribution in [0, 0.1) is 0 Å². The number of allylic oxidation sites excluding steroid dienone is 18. The fourth-order valence-electron chi connectivity index (χ4n) is 14.7. The summed E-state index contributed by atoms with van der Waals surface area (Å²) in [6.45, 7) is 0. The molecular weight excluding hydrogens is 1270 g/mol. The molecule has 0 saturated heterocycles. The number of rotatable bonds is 18. The molecule has 6 aliphatic carbocycles. The Kier molecular flexibility index (Phi) is 18.7. The number of aliphatic carboxylic acids is 6. The van der Waals surface area contributed by atoms with E-state index in [1.165, 1.54) is 0 Å². The molecule has 504 valence electrons. The van der Waals surface area contributed by atoms with Gasteiger partial charge in [0.05, 0.1) is 0 Å². The average Bonchev–Trinajstić information content (AvgIpc) is 0.737. The Bertz CT molecular complexity index is 4200. The highest BCUT2D eigenvalue weighted by molar-refractivity contribution is 5.96. The van der Waals surface area contributed by atoms with Crippen molar-refractivity contribution in [3.63, 3.8) is 0 Å². The van der Waals surface area contributed by atoms with Crippen LogP contribution in [0.5, 0.6) is 0 Å². The van der Waals surface area contributed by atoms with Crippen molar-refractivity contribution in [3.8, 4) is 0 Å². The molecule has 12 heteroatoms. The maximum Gasteiger partial charge on any atom is 0.318 e. The van der Waals surface area contributed by atoms with E-state index in [0.29, 0.717) is 33.4 Å². The number of carboxylic acid groups (broad SMARTS) is 6. The molecule has 6 unspecified atom stereocenters. The molecule has 0 saturated carbocycles. The predicted octanol–water partition coefficient (Wildman–Crippen LogP) is 17.6. The van der Waals surface area contributed by atoms with E-state index in [1.54, 1.807) is 109 Å². The summed E-state index contributed by atoms with van der Waals surface area (Å²) in [4.78, 5) is 80.2. The fraction of sp³-hybridized carbons (Fsp3) is 0.133. The molecule has 102 heavy (non-hydrogen) atoms. The van der Waals surface area contributed by atoms with Crippen molar-refractivity contribution in [3.05, 3.63) is 395 Å². The Morgan fingerprint density at radius 1 is 0.206 bits per heavy atom. The molecule has 0 aromatic heterocycles. The monoisotopic (exact) mass is 1340 g/mol. The summed E-state index contributed by atoms with van der Waals surface area (Å²) < 4.78 is 0. The molecule has 0 fully saturated rings. The molecule has 0 amide bonds. The number of benzene rings is 8. The highest BCUT2D eigenvalue weighted by Gasteiger charge is 2.49. The first-order valence-electron chi connectivity index (χ1n) is 33.8. The molecule has 14 rings (SSSR count). The van der Waals surface area contributed by atoms with Gasteiger partial charge in [0.1, 0.15) is 32.5 Å². The van der Waals surface area contributed by atoms with Gasteiger partial charge < -0.3 is 30.6 Å². The van der Waals surface area contributed by atoms with Crippen LogP contribution in [0.25, 0.3) is 33.4 Å². The van der Waals surface area contributed by atoms with Crippen molar-refractivity contribution in [1.29, 1.82) is 0 Å². The second-order valence-electron chi connectivity index (χ2n) is 26.6. The molecule has 0 radical (unpaired) electrons. The van der Waals surface area contributed by atoms with E-state index >= 15 is 0 Å².